The van der Waals surface area contributed by atoms with Crippen molar-refractivity contribution in [2.24, 2.45) is 5.73 Å². The third kappa shape index (κ3) is 1.35. The summed E-state index contributed by atoms with van der Waals surface area (Å²) in [6.07, 6.45) is 3.37. The highest BCUT2D eigenvalue weighted by Crippen LogP contribution is 2.38. The van der Waals surface area contributed by atoms with Crippen LogP contribution >= 0.6 is 0 Å². The van der Waals surface area contributed by atoms with Crippen molar-refractivity contribution in [1.29, 1.82) is 0 Å². The van der Waals surface area contributed by atoms with Gasteiger partial charge in [0.25, 0.3) is 0 Å². The van der Waals surface area contributed by atoms with Crippen molar-refractivity contribution < 1.29 is 4.79 Å². The zero-order valence-electron chi connectivity index (χ0n) is 9.20. The minimum atomic E-state index is -0.288. The van der Waals surface area contributed by atoms with E-state index in [1.54, 1.807) is 0 Å². The molecule has 2 aliphatic rings. The van der Waals surface area contributed by atoms with Crippen molar-refractivity contribution in [3.8, 4) is 0 Å². The Labute approximate surface area is 95.0 Å². The Balaban J connectivity index is 2.14. The summed E-state index contributed by atoms with van der Waals surface area (Å²) < 4.78 is 0. The normalized spacial score (nSPS) is 27.2. The van der Waals surface area contributed by atoms with E-state index in [0.29, 0.717) is 12.0 Å². The van der Waals surface area contributed by atoms with Crippen LogP contribution in [0.1, 0.15) is 40.2 Å². The van der Waals surface area contributed by atoms with Crippen LogP contribution in [0.15, 0.2) is 18.2 Å². The Hall–Kier alpha value is -1.35. The van der Waals surface area contributed by atoms with Crippen LogP contribution in [-0.2, 0) is 6.42 Å². The van der Waals surface area contributed by atoms with Crippen LogP contribution in [-0.4, -0.2) is 18.5 Å². The van der Waals surface area contributed by atoms with E-state index in [4.69, 9.17) is 5.73 Å². The average Bonchev–Trinajstić information content (AvgIpc) is 2.76. The first kappa shape index (κ1) is 9.85. The van der Waals surface area contributed by atoms with Crippen molar-refractivity contribution in [3.63, 3.8) is 0 Å². The largest absolute Gasteiger partial charge is 0.366 e. The summed E-state index contributed by atoms with van der Waals surface area (Å²) in [7, 11) is 0. The molecule has 3 rings (SSSR count). The van der Waals surface area contributed by atoms with E-state index < -0.39 is 0 Å². The molecule has 1 aliphatic heterocycles. The molecule has 1 aromatic rings. The lowest BCUT2D eigenvalue weighted by Crippen LogP contribution is -2.32. The fourth-order valence-electron chi connectivity index (χ4n) is 3.21. The van der Waals surface area contributed by atoms with E-state index >= 15 is 0 Å². The van der Waals surface area contributed by atoms with Gasteiger partial charge in [0.1, 0.15) is 0 Å². The maximum Gasteiger partial charge on any atom is 0.248 e. The summed E-state index contributed by atoms with van der Waals surface area (Å²) in [5.41, 5.74) is 8.73. The van der Waals surface area contributed by atoms with Gasteiger partial charge in [-0.1, -0.05) is 12.1 Å². The lowest BCUT2D eigenvalue weighted by atomic mass is 9.77. The minimum Gasteiger partial charge on any atom is -0.366 e. The number of benzene rings is 1. The third-order valence-corrected chi connectivity index (χ3v) is 3.90. The van der Waals surface area contributed by atoms with Crippen LogP contribution < -0.4 is 11.1 Å². The topological polar surface area (TPSA) is 55.1 Å². The first-order valence-corrected chi connectivity index (χ1v) is 5.92. The highest BCUT2D eigenvalue weighted by molar-refractivity contribution is 5.95. The van der Waals surface area contributed by atoms with Gasteiger partial charge < -0.3 is 11.1 Å². The second-order valence-corrected chi connectivity index (χ2v) is 4.74. The maximum atomic E-state index is 11.5. The number of carbonyl (C=O) groups is 1. The highest BCUT2D eigenvalue weighted by atomic mass is 16.1. The van der Waals surface area contributed by atoms with Gasteiger partial charge in [0.2, 0.25) is 5.91 Å². The molecule has 1 heterocycles. The van der Waals surface area contributed by atoms with Gasteiger partial charge in [-0.3, -0.25) is 4.79 Å². The zero-order valence-corrected chi connectivity index (χ0v) is 9.20. The van der Waals surface area contributed by atoms with Crippen LogP contribution in [0.2, 0.25) is 0 Å². The van der Waals surface area contributed by atoms with Crippen LogP contribution in [0.3, 0.4) is 0 Å². The summed E-state index contributed by atoms with van der Waals surface area (Å²) >= 11 is 0. The number of nitrogens with two attached hydrogens (primary N) is 1. The number of rotatable bonds is 1. The molecule has 1 amide bonds. The lowest BCUT2D eigenvalue weighted by Gasteiger charge is -2.29. The van der Waals surface area contributed by atoms with Crippen LogP contribution in [0, 0.1) is 0 Å². The molecule has 0 bridgehead atoms. The van der Waals surface area contributed by atoms with Gasteiger partial charge in [-0.05, 0) is 43.0 Å². The number of fused-ring (bicyclic) bond motifs is 3. The Morgan fingerprint density at radius 2 is 2.25 bits per heavy atom. The van der Waals surface area contributed by atoms with Gasteiger partial charge in [-0.25, -0.2) is 0 Å². The molecular weight excluding hydrogens is 200 g/mol. The molecule has 1 saturated heterocycles. The molecule has 1 aromatic carbocycles. The number of primary amides is 1. The van der Waals surface area contributed by atoms with Crippen molar-refractivity contribution >= 4 is 5.91 Å². The molecule has 84 valence electrons. The van der Waals surface area contributed by atoms with Gasteiger partial charge in [0.15, 0.2) is 0 Å². The minimum absolute atomic E-state index is 0.288. The van der Waals surface area contributed by atoms with E-state index in [-0.39, 0.29) is 5.91 Å². The van der Waals surface area contributed by atoms with E-state index in [1.165, 1.54) is 17.5 Å². The van der Waals surface area contributed by atoms with Gasteiger partial charge in [0, 0.05) is 17.5 Å². The van der Waals surface area contributed by atoms with Gasteiger partial charge in [0.05, 0.1) is 0 Å². The smallest absolute Gasteiger partial charge is 0.248 e. The molecule has 0 saturated carbocycles. The average molecular weight is 216 g/mol. The molecule has 1 fully saturated rings. The molecule has 3 heteroatoms. The SMILES string of the molecule is NC(=O)c1cccc2c1[C@@H]1CCN[C@@H]1CC2. The Morgan fingerprint density at radius 3 is 3.06 bits per heavy atom. The summed E-state index contributed by atoms with van der Waals surface area (Å²) in [5, 5.41) is 3.51. The van der Waals surface area contributed by atoms with E-state index in [0.717, 1.165) is 24.9 Å². The Bertz CT molecular complexity index is 442. The molecular formula is C13H16N2O. The van der Waals surface area contributed by atoms with Crippen molar-refractivity contribution in [1.82, 2.24) is 5.32 Å². The van der Waals surface area contributed by atoms with Gasteiger partial charge in [-0.15, -0.1) is 0 Å². The predicted molar refractivity (Wildman–Crippen MR) is 62.4 cm³/mol. The van der Waals surface area contributed by atoms with E-state index in [2.05, 4.69) is 11.4 Å². The van der Waals surface area contributed by atoms with Crippen LogP contribution in [0.5, 0.6) is 0 Å². The molecule has 0 spiro atoms. The third-order valence-electron chi connectivity index (χ3n) is 3.90. The highest BCUT2D eigenvalue weighted by Gasteiger charge is 2.35. The second kappa shape index (κ2) is 3.59. The van der Waals surface area contributed by atoms with Crippen molar-refractivity contribution in [3.05, 3.63) is 34.9 Å². The number of hydrogen-bond acceptors (Lipinski definition) is 2. The number of carbonyl (C=O) groups excluding carboxylic acids is 1. The fourth-order valence-corrected chi connectivity index (χ4v) is 3.21. The molecule has 3 nitrogen and oxygen atoms in total. The molecule has 16 heavy (non-hydrogen) atoms. The van der Waals surface area contributed by atoms with Crippen LogP contribution in [0.25, 0.3) is 0 Å². The summed E-state index contributed by atoms with van der Waals surface area (Å²) in [6, 6.07) is 6.49. The van der Waals surface area contributed by atoms with Gasteiger partial charge in [-0.2, -0.15) is 0 Å². The molecule has 1 aliphatic carbocycles. The summed E-state index contributed by atoms with van der Waals surface area (Å²) in [6.45, 7) is 1.06. The standard InChI is InChI=1S/C13H16N2O/c14-13(16)10-3-1-2-8-4-5-11-9(12(8)10)6-7-15-11/h1-3,9,11,15H,4-7H2,(H2,14,16)/t9-,11-/m1/s1. The maximum absolute atomic E-state index is 11.5. The first-order valence-electron chi connectivity index (χ1n) is 5.92. The Morgan fingerprint density at radius 1 is 1.38 bits per heavy atom. The number of nitrogens with one attached hydrogen (secondary N) is 1. The van der Waals surface area contributed by atoms with E-state index in [9.17, 15) is 4.79 Å². The van der Waals surface area contributed by atoms with Crippen molar-refractivity contribution in [2.75, 3.05) is 6.54 Å². The molecule has 2 atom stereocenters. The van der Waals surface area contributed by atoms with Gasteiger partial charge >= 0.3 is 0 Å². The quantitative estimate of drug-likeness (QED) is 0.740. The number of amides is 1. The molecule has 0 unspecified atom stereocenters. The Kier molecular flexibility index (Phi) is 2.21. The first-order chi connectivity index (χ1) is 7.77. The zero-order chi connectivity index (χ0) is 11.1. The lowest BCUT2D eigenvalue weighted by molar-refractivity contribution is 0.0998. The molecule has 3 N–H and O–H groups in total. The van der Waals surface area contributed by atoms with E-state index in [1.807, 2.05) is 12.1 Å². The van der Waals surface area contributed by atoms with Crippen molar-refractivity contribution in [2.45, 2.75) is 31.2 Å². The summed E-state index contributed by atoms with van der Waals surface area (Å²) in [4.78, 5) is 11.5. The fraction of sp³-hybridized carbons (Fsp3) is 0.462. The monoisotopic (exact) mass is 216 g/mol. The molecule has 0 radical (unpaired) electrons. The summed E-state index contributed by atoms with van der Waals surface area (Å²) in [5.74, 6) is 0.205. The van der Waals surface area contributed by atoms with Crippen LogP contribution in [0.4, 0.5) is 0 Å². The molecule has 0 aromatic heterocycles. The number of hydrogen-bond donors (Lipinski definition) is 2. The second-order valence-electron chi connectivity index (χ2n) is 4.74. The number of aryl methyl sites for hydroxylation is 1. The predicted octanol–water partition coefficient (Wildman–Crippen LogP) is 1.18.